The van der Waals surface area contributed by atoms with Crippen molar-refractivity contribution >= 4 is 23.2 Å². The Morgan fingerprint density at radius 3 is 2.55 bits per heavy atom. The molecule has 0 unspecified atom stereocenters. The molecular weight excluding hydrogens is 303 g/mol. The van der Waals surface area contributed by atoms with Gasteiger partial charge in [-0.05, 0) is 49.2 Å². The first-order valence-electron chi connectivity index (χ1n) is 7.00. The summed E-state index contributed by atoms with van der Waals surface area (Å²) in [6.45, 7) is 3.84. The van der Waals surface area contributed by atoms with Gasteiger partial charge in [0.1, 0.15) is 5.82 Å². The molecule has 0 radical (unpaired) electrons. The van der Waals surface area contributed by atoms with Crippen LogP contribution in [0.25, 0.3) is 0 Å². The summed E-state index contributed by atoms with van der Waals surface area (Å²) in [6, 6.07) is 12.1. The fourth-order valence-corrected chi connectivity index (χ4v) is 2.16. The SMILES string of the molecule is Cc1ccc(NC(=O)CN[C@@H](C)c2ccc(Cl)cc2)c(F)c1. The lowest BCUT2D eigenvalue weighted by Crippen LogP contribution is -2.30. The van der Waals surface area contributed by atoms with Crippen LogP contribution >= 0.6 is 11.6 Å². The maximum Gasteiger partial charge on any atom is 0.238 e. The minimum Gasteiger partial charge on any atom is -0.322 e. The van der Waals surface area contributed by atoms with Gasteiger partial charge in [-0.2, -0.15) is 0 Å². The second-order valence-electron chi connectivity index (χ2n) is 5.19. The third kappa shape index (κ3) is 4.55. The zero-order valence-electron chi connectivity index (χ0n) is 12.5. The van der Waals surface area contributed by atoms with Gasteiger partial charge in [0.05, 0.1) is 12.2 Å². The third-order valence-electron chi connectivity index (χ3n) is 3.34. The molecule has 0 aliphatic rings. The van der Waals surface area contributed by atoms with Gasteiger partial charge in [-0.15, -0.1) is 0 Å². The van der Waals surface area contributed by atoms with E-state index in [1.54, 1.807) is 31.2 Å². The van der Waals surface area contributed by atoms with Crippen LogP contribution in [0.2, 0.25) is 5.02 Å². The number of halogens is 2. The Kier molecular flexibility index (Phi) is 5.52. The number of anilines is 1. The molecule has 0 heterocycles. The molecule has 0 saturated carbocycles. The van der Waals surface area contributed by atoms with E-state index >= 15 is 0 Å². The van der Waals surface area contributed by atoms with Gasteiger partial charge in [-0.3, -0.25) is 4.79 Å². The molecule has 0 fully saturated rings. The van der Waals surface area contributed by atoms with Crippen LogP contribution in [0.3, 0.4) is 0 Å². The molecule has 1 amide bonds. The molecule has 0 spiro atoms. The van der Waals surface area contributed by atoms with E-state index in [1.165, 1.54) is 6.07 Å². The van der Waals surface area contributed by atoms with Gasteiger partial charge in [-0.25, -0.2) is 4.39 Å². The molecule has 116 valence electrons. The molecule has 1 atom stereocenters. The Morgan fingerprint density at radius 1 is 1.23 bits per heavy atom. The predicted octanol–water partition coefficient (Wildman–Crippen LogP) is 4.08. The highest BCUT2D eigenvalue weighted by atomic mass is 35.5. The number of hydrogen-bond acceptors (Lipinski definition) is 2. The van der Waals surface area contributed by atoms with E-state index in [4.69, 9.17) is 11.6 Å². The monoisotopic (exact) mass is 320 g/mol. The first-order valence-corrected chi connectivity index (χ1v) is 7.38. The lowest BCUT2D eigenvalue weighted by atomic mass is 10.1. The van der Waals surface area contributed by atoms with Gasteiger partial charge in [0.2, 0.25) is 5.91 Å². The number of amides is 1. The number of nitrogens with one attached hydrogen (secondary N) is 2. The summed E-state index contributed by atoms with van der Waals surface area (Å²) in [6.07, 6.45) is 0. The third-order valence-corrected chi connectivity index (χ3v) is 3.59. The van der Waals surface area contributed by atoms with E-state index in [0.717, 1.165) is 11.1 Å². The smallest absolute Gasteiger partial charge is 0.238 e. The van der Waals surface area contributed by atoms with Gasteiger partial charge in [0, 0.05) is 11.1 Å². The molecule has 0 aliphatic carbocycles. The first-order chi connectivity index (χ1) is 10.5. The Hall–Kier alpha value is -1.91. The molecule has 0 aliphatic heterocycles. The summed E-state index contributed by atoms with van der Waals surface area (Å²) in [7, 11) is 0. The Bertz CT molecular complexity index is 658. The zero-order valence-corrected chi connectivity index (χ0v) is 13.2. The molecule has 2 aromatic rings. The number of carbonyl (C=O) groups is 1. The van der Waals surface area contributed by atoms with Crippen LogP contribution < -0.4 is 10.6 Å². The standard InChI is InChI=1S/C17H18ClFN2O/c1-11-3-8-16(15(19)9-11)21-17(22)10-20-12(2)13-4-6-14(18)7-5-13/h3-9,12,20H,10H2,1-2H3,(H,21,22)/t12-/m0/s1. The molecule has 0 saturated heterocycles. The van der Waals surface area contributed by atoms with Crippen molar-refractivity contribution < 1.29 is 9.18 Å². The van der Waals surface area contributed by atoms with Gasteiger partial charge in [0.25, 0.3) is 0 Å². The highest BCUT2D eigenvalue weighted by molar-refractivity contribution is 6.30. The van der Waals surface area contributed by atoms with Crippen molar-refractivity contribution in [1.82, 2.24) is 5.32 Å². The molecule has 0 aromatic heterocycles. The molecule has 2 N–H and O–H groups in total. The fraction of sp³-hybridized carbons (Fsp3) is 0.235. The van der Waals surface area contributed by atoms with Crippen LogP contribution in [0, 0.1) is 12.7 Å². The van der Waals surface area contributed by atoms with Crippen LogP contribution in [-0.2, 0) is 4.79 Å². The van der Waals surface area contributed by atoms with E-state index in [1.807, 2.05) is 19.1 Å². The van der Waals surface area contributed by atoms with E-state index in [2.05, 4.69) is 10.6 Å². The number of carbonyl (C=O) groups excluding carboxylic acids is 1. The number of rotatable bonds is 5. The Morgan fingerprint density at radius 2 is 1.91 bits per heavy atom. The highest BCUT2D eigenvalue weighted by Crippen LogP contribution is 2.17. The van der Waals surface area contributed by atoms with Crippen molar-refractivity contribution in [2.75, 3.05) is 11.9 Å². The van der Waals surface area contributed by atoms with Gasteiger partial charge in [0.15, 0.2) is 0 Å². The van der Waals surface area contributed by atoms with Crippen molar-refractivity contribution in [2.24, 2.45) is 0 Å². The number of hydrogen-bond donors (Lipinski definition) is 2. The van der Waals surface area contributed by atoms with Crippen LogP contribution in [0.4, 0.5) is 10.1 Å². The Balaban J connectivity index is 1.88. The summed E-state index contributed by atoms with van der Waals surface area (Å²) >= 11 is 5.84. The van der Waals surface area contributed by atoms with Gasteiger partial charge in [-0.1, -0.05) is 29.8 Å². The molecule has 3 nitrogen and oxygen atoms in total. The predicted molar refractivity (Wildman–Crippen MR) is 87.6 cm³/mol. The van der Waals surface area contributed by atoms with Crippen LogP contribution in [0.5, 0.6) is 0 Å². The second kappa shape index (κ2) is 7.38. The fourth-order valence-electron chi connectivity index (χ4n) is 2.03. The first kappa shape index (κ1) is 16.5. The summed E-state index contributed by atoms with van der Waals surface area (Å²) in [4.78, 5) is 11.9. The van der Waals surface area contributed by atoms with E-state index in [0.29, 0.717) is 5.02 Å². The van der Waals surface area contributed by atoms with Crippen molar-refractivity contribution in [3.63, 3.8) is 0 Å². The summed E-state index contributed by atoms with van der Waals surface area (Å²) < 4.78 is 13.7. The quantitative estimate of drug-likeness (QED) is 0.871. The molecule has 2 aromatic carbocycles. The average Bonchev–Trinajstić information content (AvgIpc) is 2.48. The minimum atomic E-state index is -0.431. The van der Waals surface area contributed by atoms with Crippen molar-refractivity contribution in [2.45, 2.75) is 19.9 Å². The van der Waals surface area contributed by atoms with E-state index < -0.39 is 5.82 Å². The largest absolute Gasteiger partial charge is 0.322 e. The molecule has 2 rings (SSSR count). The van der Waals surface area contributed by atoms with E-state index in [-0.39, 0.29) is 24.2 Å². The van der Waals surface area contributed by atoms with Crippen LogP contribution in [0.15, 0.2) is 42.5 Å². The summed E-state index contributed by atoms with van der Waals surface area (Å²) in [5.74, 6) is -0.720. The highest BCUT2D eigenvalue weighted by Gasteiger charge is 2.10. The van der Waals surface area contributed by atoms with Crippen molar-refractivity contribution in [3.8, 4) is 0 Å². The number of aryl methyl sites for hydroxylation is 1. The molecule has 0 bridgehead atoms. The van der Waals surface area contributed by atoms with Crippen molar-refractivity contribution in [3.05, 3.63) is 64.4 Å². The molecule has 22 heavy (non-hydrogen) atoms. The second-order valence-corrected chi connectivity index (χ2v) is 5.62. The minimum absolute atomic E-state index is 0.00844. The molecule has 5 heteroatoms. The normalized spacial score (nSPS) is 12.0. The average molecular weight is 321 g/mol. The zero-order chi connectivity index (χ0) is 16.1. The molecular formula is C17H18ClFN2O. The lowest BCUT2D eigenvalue weighted by molar-refractivity contribution is -0.115. The summed E-state index contributed by atoms with van der Waals surface area (Å²) in [5, 5.41) is 6.32. The van der Waals surface area contributed by atoms with Crippen LogP contribution in [0.1, 0.15) is 24.1 Å². The summed E-state index contributed by atoms with van der Waals surface area (Å²) in [5.41, 5.74) is 2.03. The number of benzene rings is 2. The maximum atomic E-state index is 13.7. The van der Waals surface area contributed by atoms with Gasteiger partial charge < -0.3 is 10.6 Å². The lowest BCUT2D eigenvalue weighted by Gasteiger charge is -2.14. The van der Waals surface area contributed by atoms with Crippen molar-refractivity contribution in [1.29, 1.82) is 0 Å². The van der Waals surface area contributed by atoms with Gasteiger partial charge >= 0.3 is 0 Å². The van der Waals surface area contributed by atoms with Crippen LogP contribution in [-0.4, -0.2) is 12.5 Å². The Labute approximate surface area is 134 Å². The topological polar surface area (TPSA) is 41.1 Å². The maximum absolute atomic E-state index is 13.7. The van der Waals surface area contributed by atoms with E-state index in [9.17, 15) is 9.18 Å².